The Kier molecular flexibility index (Phi) is 4.25. The molecule has 3 heteroatoms. The Balaban J connectivity index is 2.14. The number of hydrogen-bond acceptors (Lipinski definition) is 3. The molecule has 0 unspecified atom stereocenters. The summed E-state index contributed by atoms with van der Waals surface area (Å²) in [7, 11) is 1.72. The smallest absolute Gasteiger partial charge is 0.124 e. The van der Waals surface area contributed by atoms with Crippen LogP contribution in [-0.4, -0.2) is 36.3 Å². The fraction of sp³-hybridized carbons (Fsp3) is 0.600. The van der Waals surface area contributed by atoms with Crippen LogP contribution in [0.25, 0.3) is 0 Å². The molecule has 100 valence electrons. The number of likely N-dealkylation sites (tertiary alicyclic amines) is 1. The van der Waals surface area contributed by atoms with E-state index in [0.29, 0.717) is 6.04 Å². The van der Waals surface area contributed by atoms with E-state index in [4.69, 9.17) is 4.74 Å². The first-order valence-electron chi connectivity index (χ1n) is 6.64. The zero-order valence-corrected chi connectivity index (χ0v) is 11.6. The number of benzene rings is 1. The fourth-order valence-corrected chi connectivity index (χ4v) is 3.00. The van der Waals surface area contributed by atoms with Gasteiger partial charge in [-0.25, -0.2) is 0 Å². The zero-order chi connectivity index (χ0) is 13.1. The van der Waals surface area contributed by atoms with Gasteiger partial charge in [0, 0.05) is 12.6 Å². The minimum absolute atomic E-state index is 0.272. The summed E-state index contributed by atoms with van der Waals surface area (Å²) in [5.41, 5.74) is 3.69. The quantitative estimate of drug-likeness (QED) is 0.888. The van der Waals surface area contributed by atoms with E-state index in [0.717, 1.165) is 25.3 Å². The van der Waals surface area contributed by atoms with Crippen molar-refractivity contribution >= 4 is 0 Å². The molecule has 1 aliphatic rings. The van der Waals surface area contributed by atoms with E-state index in [1.165, 1.54) is 23.1 Å². The third-order valence-electron chi connectivity index (χ3n) is 3.82. The lowest BCUT2D eigenvalue weighted by atomic mass is 10.0. The van der Waals surface area contributed by atoms with Crippen LogP contribution in [0.15, 0.2) is 12.1 Å². The van der Waals surface area contributed by atoms with Gasteiger partial charge in [0.1, 0.15) is 5.75 Å². The van der Waals surface area contributed by atoms with Gasteiger partial charge in [0.25, 0.3) is 0 Å². The summed E-state index contributed by atoms with van der Waals surface area (Å²) >= 11 is 0. The van der Waals surface area contributed by atoms with Crippen LogP contribution in [0.3, 0.4) is 0 Å². The van der Waals surface area contributed by atoms with Gasteiger partial charge < -0.3 is 9.84 Å². The predicted molar refractivity (Wildman–Crippen MR) is 73.0 cm³/mol. The van der Waals surface area contributed by atoms with Crippen LogP contribution in [-0.2, 0) is 6.54 Å². The van der Waals surface area contributed by atoms with Crippen LogP contribution >= 0.6 is 0 Å². The van der Waals surface area contributed by atoms with Crippen molar-refractivity contribution < 1.29 is 9.84 Å². The SMILES string of the molecule is COc1c(C)cc(CN2CCC[C@@H]2CO)cc1C. The summed E-state index contributed by atoms with van der Waals surface area (Å²) in [4.78, 5) is 2.38. The number of aryl methyl sites for hydroxylation is 2. The van der Waals surface area contributed by atoms with E-state index in [1.807, 2.05) is 0 Å². The van der Waals surface area contributed by atoms with E-state index in [9.17, 15) is 5.11 Å². The Morgan fingerprint density at radius 1 is 1.33 bits per heavy atom. The standard InChI is InChI=1S/C15H23NO2/c1-11-7-13(8-12(2)15(11)18-3)9-16-6-4-5-14(16)10-17/h7-8,14,17H,4-6,9-10H2,1-3H3/t14-/m1/s1. The van der Waals surface area contributed by atoms with Crippen molar-refractivity contribution in [3.05, 3.63) is 28.8 Å². The molecule has 0 aliphatic carbocycles. The molecule has 1 N–H and O–H groups in total. The van der Waals surface area contributed by atoms with Crippen molar-refractivity contribution in [2.45, 2.75) is 39.3 Å². The number of methoxy groups -OCH3 is 1. The molecule has 1 aromatic carbocycles. The molecular formula is C15H23NO2. The van der Waals surface area contributed by atoms with Crippen LogP contribution in [0.2, 0.25) is 0 Å². The summed E-state index contributed by atoms with van der Waals surface area (Å²) in [5, 5.41) is 9.34. The van der Waals surface area contributed by atoms with Gasteiger partial charge in [-0.15, -0.1) is 0 Å². The number of ether oxygens (including phenoxy) is 1. The lowest BCUT2D eigenvalue weighted by Gasteiger charge is -2.23. The maximum absolute atomic E-state index is 9.34. The van der Waals surface area contributed by atoms with Crippen molar-refractivity contribution in [1.29, 1.82) is 0 Å². The topological polar surface area (TPSA) is 32.7 Å². The van der Waals surface area contributed by atoms with E-state index in [2.05, 4.69) is 30.9 Å². The molecular weight excluding hydrogens is 226 g/mol. The van der Waals surface area contributed by atoms with Crippen LogP contribution in [0, 0.1) is 13.8 Å². The molecule has 18 heavy (non-hydrogen) atoms. The van der Waals surface area contributed by atoms with Crippen molar-refractivity contribution in [2.75, 3.05) is 20.3 Å². The van der Waals surface area contributed by atoms with E-state index < -0.39 is 0 Å². The Hall–Kier alpha value is -1.06. The van der Waals surface area contributed by atoms with Gasteiger partial charge in [0.15, 0.2) is 0 Å². The molecule has 0 amide bonds. The van der Waals surface area contributed by atoms with Crippen molar-refractivity contribution in [3.63, 3.8) is 0 Å². The highest BCUT2D eigenvalue weighted by Crippen LogP contribution is 2.26. The molecule has 1 saturated heterocycles. The summed E-state index contributed by atoms with van der Waals surface area (Å²) in [6.07, 6.45) is 2.31. The van der Waals surface area contributed by atoms with Crippen LogP contribution < -0.4 is 4.74 Å². The van der Waals surface area contributed by atoms with E-state index in [1.54, 1.807) is 7.11 Å². The number of nitrogens with zero attached hydrogens (tertiary/aromatic N) is 1. The lowest BCUT2D eigenvalue weighted by molar-refractivity contribution is 0.153. The Morgan fingerprint density at radius 3 is 2.56 bits per heavy atom. The molecule has 0 radical (unpaired) electrons. The fourth-order valence-electron chi connectivity index (χ4n) is 3.00. The zero-order valence-electron chi connectivity index (χ0n) is 11.6. The van der Waals surface area contributed by atoms with Crippen molar-refractivity contribution in [3.8, 4) is 5.75 Å². The lowest BCUT2D eigenvalue weighted by Crippen LogP contribution is -2.31. The van der Waals surface area contributed by atoms with Gasteiger partial charge in [-0.2, -0.15) is 0 Å². The maximum atomic E-state index is 9.34. The molecule has 0 bridgehead atoms. The summed E-state index contributed by atoms with van der Waals surface area (Å²) in [6.45, 7) is 6.46. The largest absolute Gasteiger partial charge is 0.496 e. The summed E-state index contributed by atoms with van der Waals surface area (Å²) < 4.78 is 5.39. The van der Waals surface area contributed by atoms with E-state index in [-0.39, 0.29) is 6.61 Å². The Bertz CT molecular complexity index is 394. The van der Waals surface area contributed by atoms with Gasteiger partial charge in [-0.05, 0) is 49.9 Å². The highest BCUT2D eigenvalue weighted by Gasteiger charge is 2.23. The first-order chi connectivity index (χ1) is 8.65. The molecule has 0 spiro atoms. The molecule has 3 nitrogen and oxygen atoms in total. The second kappa shape index (κ2) is 5.72. The molecule has 2 rings (SSSR count). The minimum Gasteiger partial charge on any atom is -0.496 e. The minimum atomic E-state index is 0.272. The first-order valence-corrected chi connectivity index (χ1v) is 6.64. The van der Waals surface area contributed by atoms with Crippen LogP contribution in [0.4, 0.5) is 0 Å². The normalized spacial score (nSPS) is 20.3. The number of rotatable bonds is 4. The molecule has 1 aromatic rings. The molecule has 1 heterocycles. The highest BCUT2D eigenvalue weighted by atomic mass is 16.5. The van der Waals surface area contributed by atoms with Gasteiger partial charge in [0.2, 0.25) is 0 Å². The average molecular weight is 249 g/mol. The number of aliphatic hydroxyl groups excluding tert-OH is 1. The van der Waals surface area contributed by atoms with Crippen molar-refractivity contribution in [2.24, 2.45) is 0 Å². The van der Waals surface area contributed by atoms with Gasteiger partial charge in [-0.1, -0.05) is 12.1 Å². The average Bonchev–Trinajstić information content (AvgIpc) is 2.76. The van der Waals surface area contributed by atoms with Crippen molar-refractivity contribution in [1.82, 2.24) is 4.90 Å². The second-order valence-electron chi connectivity index (χ2n) is 5.21. The van der Waals surface area contributed by atoms with Gasteiger partial charge >= 0.3 is 0 Å². The number of aliphatic hydroxyl groups is 1. The Morgan fingerprint density at radius 2 is 2.00 bits per heavy atom. The molecule has 0 saturated carbocycles. The molecule has 1 atom stereocenters. The highest BCUT2D eigenvalue weighted by molar-refractivity contribution is 5.43. The second-order valence-corrected chi connectivity index (χ2v) is 5.21. The molecule has 1 aliphatic heterocycles. The Labute approximate surface area is 109 Å². The van der Waals surface area contributed by atoms with Gasteiger partial charge in [0.05, 0.1) is 13.7 Å². The third kappa shape index (κ3) is 2.68. The predicted octanol–water partition coefficient (Wildman–Crippen LogP) is 2.27. The van der Waals surface area contributed by atoms with E-state index >= 15 is 0 Å². The van der Waals surface area contributed by atoms with Crippen LogP contribution in [0.1, 0.15) is 29.5 Å². The monoisotopic (exact) mass is 249 g/mol. The summed E-state index contributed by atoms with van der Waals surface area (Å²) in [6, 6.07) is 4.73. The molecule has 0 aromatic heterocycles. The molecule has 1 fully saturated rings. The summed E-state index contributed by atoms with van der Waals surface area (Å²) in [5.74, 6) is 0.985. The number of hydrogen-bond donors (Lipinski definition) is 1. The first kappa shape index (κ1) is 13.4. The van der Waals surface area contributed by atoms with Crippen LogP contribution in [0.5, 0.6) is 5.75 Å². The third-order valence-corrected chi connectivity index (χ3v) is 3.82. The maximum Gasteiger partial charge on any atom is 0.124 e. The van der Waals surface area contributed by atoms with Gasteiger partial charge in [-0.3, -0.25) is 4.90 Å².